The van der Waals surface area contributed by atoms with Crippen LogP contribution in [0.2, 0.25) is 0 Å². The number of oxazole rings is 1. The third-order valence-corrected chi connectivity index (χ3v) is 13.4. The van der Waals surface area contributed by atoms with Crippen LogP contribution in [-0.4, -0.2) is 60.7 Å². The van der Waals surface area contributed by atoms with Crippen molar-refractivity contribution in [2.24, 2.45) is 16.3 Å². The minimum absolute atomic E-state index is 0.0894. The Bertz CT molecular complexity index is 2110. The lowest BCUT2D eigenvalue weighted by Crippen LogP contribution is -2.57. The average Bonchev–Trinajstić information content (AvgIpc) is 3.87. The van der Waals surface area contributed by atoms with E-state index in [0.29, 0.717) is 29.3 Å². The van der Waals surface area contributed by atoms with Gasteiger partial charge in [-0.2, -0.15) is 5.10 Å². The first-order valence-corrected chi connectivity index (χ1v) is 20.1. The van der Waals surface area contributed by atoms with Crippen LogP contribution in [0, 0.1) is 32.1 Å². The number of anilines is 1. The molecule has 1 N–H and O–H groups in total. The third-order valence-electron chi connectivity index (χ3n) is 12.2. The first kappa shape index (κ1) is 34.1. The Morgan fingerprint density at radius 3 is 2.43 bits per heavy atom. The van der Waals surface area contributed by atoms with Gasteiger partial charge in [-0.15, -0.1) is 26.6 Å². The summed E-state index contributed by atoms with van der Waals surface area (Å²) in [7, 11) is 0. The van der Waals surface area contributed by atoms with Crippen LogP contribution in [0.15, 0.2) is 58.3 Å². The Hall–Kier alpha value is -4.71. The topological polar surface area (TPSA) is 127 Å². The normalized spacial score (nSPS) is 20.0. The van der Waals surface area contributed by atoms with E-state index in [-0.39, 0.29) is 18.0 Å². The predicted octanol–water partition coefficient (Wildman–Crippen LogP) is 7.47. The molecule has 4 aromatic heterocycles. The van der Waals surface area contributed by atoms with Crippen LogP contribution < -0.4 is 10.2 Å². The van der Waals surface area contributed by atoms with Crippen LogP contribution in [0.1, 0.15) is 119 Å². The first-order chi connectivity index (χ1) is 25.8. The maximum absolute atomic E-state index is 12.7. The van der Waals surface area contributed by atoms with Gasteiger partial charge in [-0.05, 0) is 101 Å². The molecule has 274 valence electrons. The molecule has 3 fully saturated rings. The molecule has 5 aromatic rings. The van der Waals surface area contributed by atoms with Crippen molar-refractivity contribution in [1.29, 1.82) is 0 Å². The molecule has 1 saturated heterocycles. The van der Waals surface area contributed by atoms with Gasteiger partial charge >= 0.3 is 0 Å². The molecule has 12 heteroatoms. The highest BCUT2D eigenvalue weighted by Gasteiger charge is 2.45. The summed E-state index contributed by atoms with van der Waals surface area (Å²) in [5, 5.41) is 22.1. The number of thiophene rings is 1. The minimum Gasteiger partial charge on any atom is -0.449 e. The number of aliphatic imine (C=N–C) groups is 1. The van der Waals surface area contributed by atoms with E-state index < -0.39 is 0 Å². The highest BCUT2D eigenvalue weighted by molar-refractivity contribution is 7.15. The molecule has 4 aliphatic rings. The number of carbonyl (C=O) groups is 1. The van der Waals surface area contributed by atoms with Crippen LogP contribution in [0.3, 0.4) is 0 Å². The quantitative estimate of drug-likeness (QED) is 0.174. The number of amides is 1. The summed E-state index contributed by atoms with van der Waals surface area (Å²) in [6.45, 7) is 8.58. The van der Waals surface area contributed by atoms with Crippen molar-refractivity contribution in [2.75, 3.05) is 18.0 Å². The maximum Gasteiger partial charge on any atom is 0.272 e. The van der Waals surface area contributed by atoms with Gasteiger partial charge in [0.2, 0.25) is 0 Å². The largest absolute Gasteiger partial charge is 0.449 e. The van der Waals surface area contributed by atoms with Crippen LogP contribution in [-0.2, 0) is 12.8 Å². The fourth-order valence-electron chi connectivity index (χ4n) is 9.02. The highest BCUT2D eigenvalue weighted by atomic mass is 32.1. The SMILES string of the molecule is Cc1sc2c(c1C)C(c1ccc(N3CC4(CCC(Cc5ccc(C(=O)NC6CCCCC6)nn5)CC4)C3)cc1)=NC(Cc1ncco1)c1nnc(C)n1-2. The lowest BCUT2D eigenvalue weighted by atomic mass is 9.65. The van der Waals surface area contributed by atoms with Crippen LogP contribution in [0.5, 0.6) is 0 Å². The molecular formula is C41H47N9O2S. The zero-order valence-corrected chi connectivity index (χ0v) is 31.7. The number of nitrogens with zero attached hydrogens (tertiary/aromatic N) is 8. The molecule has 1 spiro atoms. The van der Waals surface area contributed by atoms with Crippen LogP contribution >= 0.6 is 11.3 Å². The minimum atomic E-state index is -0.280. The second-order valence-electron chi connectivity index (χ2n) is 15.8. The van der Waals surface area contributed by atoms with Crippen molar-refractivity contribution in [2.45, 2.75) is 103 Å². The van der Waals surface area contributed by atoms with E-state index in [9.17, 15) is 4.79 Å². The summed E-state index contributed by atoms with van der Waals surface area (Å²) in [6, 6.07) is 12.9. The van der Waals surface area contributed by atoms with Gasteiger partial charge in [0.25, 0.3) is 5.91 Å². The number of aryl methyl sites for hydroxylation is 2. The number of nitrogens with one attached hydrogen (secondary N) is 1. The Labute approximate surface area is 314 Å². The van der Waals surface area contributed by atoms with Gasteiger partial charge in [0, 0.05) is 46.2 Å². The van der Waals surface area contributed by atoms with Gasteiger partial charge < -0.3 is 14.6 Å². The molecule has 1 atom stereocenters. The van der Waals surface area contributed by atoms with Gasteiger partial charge in [-0.1, -0.05) is 31.4 Å². The smallest absolute Gasteiger partial charge is 0.272 e. The molecule has 2 saturated carbocycles. The molecule has 2 aliphatic heterocycles. The summed E-state index contributed by atoms with van der Waals surface area (Å²) < 4.78 is 7.83. The number of carbonyl (C=O) groups excluding carboxylic acids is 1. The second-order valence-corrected chi connectivity index (χ2v) is 17.0. The standard InChI is InChI=1S/C41H47N9O2S/c1-25-26(2)53-40-36(25)37(44-34(22-35-42-19-20-52-35)38-48-45-27(3)50(38)40)29-9-12-32(13-10-29)49-23-41(24-49)17-15-28(16-18-41)21-31-11-14-33(47-46-31)39(51)43-30-7-5-4-6-8-30/h9-14,19-20,28,30,34H,4-8,15-18,21-24H2,1-3H3,(H,43,51). The van der Waals surface area contributed by atoms with Gasteiger partial charge in [-0.25, -0.2) is 4.98 Å². The Morgan fingerprint density at radius 1 is 0.925 bits per heavy atom. The lowest BCUT2D eigenvalue weighted by Gasteiger charge is -2.54. The van der Waals surface area contributed by atoms with E-state index in [2.05, 4.69) is 78.3 Å². The first-order valence-electron chi connectivity index (χ1n) is 19.3. The Balaban J connectivity index is 0.844. The van der Waals surface area contributed by atoms with Gasteiger partial charge in [0.05, 0.1) is 24.0 Å². The number of hydrogen-bond acceptors (Lipinski definition) is 10. The van der Waals surface area contributed by atoms with Gasteiger partial charge in [0.15, 0.2) is 17.4 Å². The highest BCUT2D eigenvalue weighted by Crippen LogP contribution is 2.48. The zero-order chi connectivity index (χ0) is 36.1. The van der Waals surface area contributed by atoms with E-state index in [1.807, 2.05) is 19.1 Å². The Morgan fingerprint density at radius 2 is 1.72 bits per heavy atom. The molecule has 11 nitrogen and oxygen atoms in total. The molecule has 0 radical (unpaired) electrons. The van der Waals surface area contributed by atoms with Gasteiger partial charge in [0.1, 0.15) is 23.1 Å². The fraction of sp³-hybridized carbons (Fsp3) is 0.488. The maximum atomic E-state index is 12.7. The second kappa shape index (κ2) is 13.9. The van der Waals surface area contributed by atoms with E-state index in [0.717, 1.165) is 71.5 Å². The summed E-state index contributed by atoms with van der Waals surface area (Å²) in [5.41, 5.74) is 7.56. The van der Waals surface area contributed by atoms with Crippen molar-refractivity contribution in [3.63, 3.8) is 0 Å². The average molecular weight is 730 g/mol. The molecule has 1 amide bonds. The number of rotatable bonds is 8. The Kier molecular flexibility index (Phi) is 8.96. The number of benzene rings is 1. The van der Waals surface area contributed by atoms with E-state index >= 15 is 0 Å². The molecular weight excluding hydrogens is 683 g/mol. The summed E-state index contributed by atoms with van der Waals surface area (Å²) in [4.78, 5) is 26.3. The van der Waals surface area contributed by atoms with E-state index in [4.69, 9.17) is 9.41 Å². The number of aromatic nitrogens is 6. The number of hydrogen-bond donors (Lipinski definition) is 1. The molecule has 6 heterocycles. The molecule has 2 aliphatic carbocycles. The van der Waals surface area contributed by atoms with Crippen molar-refractivity contribution in [3.05, 3.63) is 99.4 Å². The number of fused-ring (bicyclic) bond motifs is 3. The zero-order valence-electron chi connectivity index (χ0n) is 30.8. The van der Waals surface area contributed by atoms with Crippen molar-refractivity contribution < 1.29 is 9.21 Å². The molecule has 9 rings (SSSR count). The fourth-order valence-corrected chi connectivity index (χ4v) is 10.2. The summed E-state index contributed by atoms with van der Waals surface area (Å²) >= 11 is 1.77. The van der Waals surface area contributed by atoms with Crippen molar-refractivity contribution in [3.8, 4) is 5.00 Å². The molecule has 1 unspecified atom stereocenters. The van der Waals surface area contributed by atoms with E-state index in [1.54, 1.807) is 23.8 Å². The van der Waals surface area contributed by atoms with Crippen molar-refractivity contribution in [1.82, 2.24) is 35.3 Å². The predicted molar refractivity (Wildman–Crippen MR) is 205 cm³/mol. The van der Waals surface area contributed by atoms with E-state index in [1.165, 1.54) is 61.1 Å². The van der Waals surface area contributed by atoms with Crippen molar-refractivity contribution >= 4 is 28.6 Å². The molecule has 53 heavy (non-hydrogen) atoms. The molecule has 0 bridgehead atoms. The van der Waals surface area contributed by atoms with Crippen LogP contribution in [0.4, 0.5) is 5.69 Å². The summed E-state index contributed by atoms with van der Waals surface area (Å²) in [5.74, 6) is 2.83. The van der Waals surface area contributed by atoms with Crippen LogP contribution in [0.25, 0.3) is 5.00 Å². The lowest BCUT2D eigenvalue weighted by molar-refractivity contribution is 0.0921. The van der Waals surface area contributed by atoms with Gasteiger partial charge in [-0.3, -0.25) is 14.4 Å². The third kappa shape index (κ3) is 6.59. The summed E-state index contributed by atoms with van der Waals surface area (Å²) in [6.07, 6.45) is 15.4. The molecule has 1 aromatic carbocycles. The monoisotopic (exact) mass is 729 g/mol.